The largest absolute Gasteiger partial charge is 0.375 e. The van der Waals surface area contributed by atoms with Gasteiger partial charge in [-0.05, 0) is 25.2 Å². The van der Waals surface area contributed by atoms with Crippen LogP contribution in [0.3, 0.4) is 0 Å². The summed E-state index contributed by atoms with van der Waals surface area (Å²) in [5, 5.41) is 4.40. The second-order valence-corrected chi connectivity index (χ2v) is 3.94. The number of likely N-dealkylation sites (tertiary alicyclic amines) is 1. The van der Waals surface area contributed by atoms with Crippen LogP contribution in [0.25, 0.3) is 0 Å². The number of hydrogen-bond donors (Lipinski definition) is 2. The Morgan fingerprint density at radius 3 is 2.71 bits per heavy atom. The van der Waals surface area contributed by atoms with Crippen molar-refractivity contribution in [2.24, 2.45) is 10.8 Å². The molecule has 80 valence electrons. The summed E-state index contributed by atoms with van der Waals surface area (Å²) in [4.78, 5) is 2.46. The molecule has 0 bridgehead atoms. The first-order valence-corrected chi connectivity index (χ1v) is 5.46. The lowest BCUT2D eigenvalue weighted by Crippen LogP contribution is -2.35. The maximum Gasteiger partial charge on any atom is 0.184 e. The van der Waals surface area contributed by atoms with Gasteiger partial charge in [0.2, 0.25) is 0 Å². The lowest BCUT2D eigenvalue weighted by Gasteiger charge is -2.26. The van der Waals surface area contributed by atoms with E-state index in [1.165, 1.54) is 18.7 Å². The zero-order valence-electron chi connectivity index (χ0n) is 8.62. The topological polar surface area (TPSA) is 53.6 Å². The van der Waals surface area contributed by atoms with Crippen LogP contribution in [0.1, 0.15) is 26.2 Å². The van der Waals surface area contributed by atoms with Gasteiger partial charge in [-0.1, -0.05) is 6.92 Å². The van der Waals surface area contributed by atoms with E-state index in [9.17, 15) is 0 Å². The van der Waals surface area contributed by atoms with Crippen molar-refractivity contribution in [3.63, 3.8) is 0 Å². The third-order valence-corrected chi connectivity index (χ3v) is 2.39. The molecule has 4 nitrogen and oxygen atoms in total. The van der Waals surface area contributed by atoms with Gasteiger partial charge in [0.15, 0.2) is 5.11 Å². The van der Waals surface area contributed by atoms with E-state index < -0.39 is 0 Å². The highest BCUT2D eigenvalue weighted by molar-refractivity contribution is 7.80. The van der Waals surface area contributed by atoms with E-state index in [-0.39, 0.29) is 5.11 Å². The Balaban J connectivity index is 2.28. The minimum absolute atomic E-state index is 0.244. The van der Waals surface area contributed by atoms with Crippen molar-refractivity contribution in [1.29, 1.82) is 0 Å². The molecule has 3 N–H and O–H groups in total. The third-order valence-electron chi connectivity index (χ3n) is 2.30. The first-order chi connectivity index (χ1) is 6.72. The monoisotopic (exact) mass is 214 g/mol. The minimum atomic E-state index is 0.244. The Morgan fingerprint density at radius 1 is 1.57 bits per heavy atom. The normalized spacial score (nSPS) is 17.9. The zero-order valence-corrected chi connectivity index (χ0v) is 9.44. The van der Waals surface area contributed by atoms with Crippen LogP contribution in [0.5, 0.6) is 0 Å². The smallest absolute Gasteiger partial charge is 0.184 e. The van der Waals surface area contributed by atoms with Crippen LogP contribution >= 0.6 is 12.2 Å². The van der Waals surface area contributed by atoms with Crippen molar-refractivity contribution >= 4 is 23.0 Å². The molecule has 0 spiro atoms. The summed E-state index contributed by atoms with van der Waals surface area (Å²) in [5.74, 6) is 0. The summed E-state index contributed by atoms with van der Waals surface area (Å²) < 4.78 is 0. The molecule has 14 heavy (non-hydrogen) atoms. The molecule has 0 aliphatic carbocycles. The van der Waals surface area contributed by atoms with E-state index in [2.05, 4.69) is 34.6 Å². The maximum atomic E-state index is 5.29. The van der Waals surface area contributed by atoms with Gasteiger partial charge >= 0.3 is 0 Å². The van der Waals surface area contributed by atoms with Crippen LogP contribution in [-0.4, -0.2) is 35.4 Å². The number of piperidine rings is 1. The van der Waals surface area contributed by atoms with Crippen molar-refractivity contribution in [3.8, 4) is 0 Å². The molecular formula is C9H18N4S. The SMILES string of the molecule is CCCN1CCC(=NNC(N)=S)CC1. The van der Waals surface area contributed by atoms with Crippen LogP contribution in [0.15, 0.2) is 5.10 Å². The van der Waals surface area contributed by atoms with Gasteiger partial charge in [0.05, 0.1) is 0 Å². The molecule has 0 radical (unpaired) electrons. The minimum Gasteiger partial charge on any atom is -0.375 e. The average molecular weight is 214 g/mol. The number of rotatable bonds is 3. The van der Waals surface area contributed by atoms with E-state index in [0.717, 1.165) is 25.9 Å². The van der Waals surface area contributed by atoms with E-state index >= 15 is 0 Å². The number of nitrogens with one attached hydrogen (secondary N) is 1. The molecule has 0 aromatic carbocycles. The number of hydrogen-bond acceptors (Lipinski definition) is 3. The fraction of sp³-hybridized carbons (Fsp3) is 0.778. The Kier molecular flexibility index (Phi) is 4.82. The molecule has 1 rings (SSSR count). The van der Waals surface area contributed by atoms with Gasteiger partial charge in [0.1, 0.15) is 0 Å². The van der Waals surface area contributed by atoms with Crippen LogP contribution < -0.4 is 11.2 Å². The van der Waals surface area contributed by atoms with Crippen LogP contribution in [0, 0.1) is 0 Å². The average Bonchev–Trinajstić information content (AvgIpc) is 2.17. The maximum absolute atomic E-state index is 5.29. The van der Waals surface area contributed by atoms with Gasteiger partial charge in [-0.15, -0.1) is 0 Å². The lowest BCUT2D eigenvalue weighted by atomic mass is 10.1. The van der Waals surface area contributed by atoms with Crippen molar-refractivity contribution < 1.29 is 0 Å². The Bertz CT molecular complexity index is 217. The van der Waals surface area contributed by atoms with E-state index in [1.54, 1.807) is 0 Å². The second-order valence-electron chi connectivity index (χ2n) is 3.50. The van der Waals surface area contributed by atoms with Crippen molar-refractivity contribution in [2.45, 2.75) is 26.2 Å². The molecule has 5 heteroatoms. The second kappa shape index (κ2) is 5.93. The summed E-state index contributed by atoms with van der Waals surface area (Å²) in [7, 11) is 0. The molecule has 0 unspecified atom stereocenters. The molecule has 0 aromatic heterocycles. The molecule has 1 aliphatic heterocycles. The summed E-state index contributed by atoms with van der Waals surface area (Å²) >= 11 is 4.68. The Morgan fingerprint density at radius 2 is 2.21 bits per heavy atom. The predicted molar refractivity (Wildman–Crippen MR) is 63.3 cm³/mol. The van der Waals surface area contributed by atoms with Gasteiger partial charge in [-0.2, -0.15) is 5.10 Å². The first kappa shape index (κ1) is 11.4. The quantitative estimate of drug-likeness (QED) is 0.536. The molecule has 0 aromatic rings. The molecular weight excluding hydrogens is 196 g/mol. The van der Waals surface area contributed by atoms with Gasteiger partial charge in [-0.25, -0.2) is 0 Å². The summed E-state index contributed by atoms with van der Waals surface area (Å²) in [6.07, 6.45) is 3.27. The highest BCUT2D eigenvalue weighted by Crippen LogP contribution is 2.07. The van der Waals surface area contributed by atoms with Crippen LogP contribution in [-0.2, 0) is 0 Å². The van der Waals surface area contributed by atoms with Gasteiger partial charge in [-0.3, -0.25) is 5.43 Å². The molecule has 1 heterocycles. The van der Waals surface area contributed by atoms with Crippen LogP contribution in [0.2, 0.25) is 0 Å². The number of thiocarbonyl (C=S) groups is 1. The molecule has 1 aliphatic rings. The zero-order chi connectivity index (χ0) is 10.4. The van der Waals surface area contributed by atoms with E-state index in [4.69, 9.17) is 5.73 Å². The molecule has 0 amide bonds. The van der Waals surface area contributed by atoms with Gasteiger partial charge < -0.3 is 10.6 Å². The molecule has 1 saturated heterocycles. The van der Waals surface area contributed by atoms with Crippen molar-refractivity contribution in [2.75, 3.05) is 19.6 Å². The summed E-state index contributed by atoms with van der Waals surface area (Å²) in [5.41, 5.74) is 9.10. The molecule has 0 saturated carbocycles. The van der Waals surface area contributed by atoms with Gasteiger partial charge in [0.25, 0.3) is 0 Å². The van der Waals surface area contributed by atoms with Crippen molar-refractivity contribution in [3.05, 3.63) is 0 Å². The predicted octanol–water partition coefficient (Wildman–Crippen LogP) is 0.681. The van der Waals surface area contributed by atoms with E-state index in [0.29, 0.717) is 0 Å². The summed E-state index contributed by atoms with van der Waals surface area (Å²) in [6, 6.07) is 0. The van der Waals surface area contributed by atoms with Crippen LogP contribution in [0.4, 0.5) is 0 Å². The fourth-order valence-electron chi connectivity index (χ4n) is 1.60. The Labute approximate surface area is 90.5 Å². The highest BCUT2D eigenvalue weighted by atomic mass is 32.1. The molecule has 0 atom stereocenters. The fourth-order valence-corrected chi connectivity index (χ4v) is 1.64. The van der Waals surface area contributed by atoms with Crippen molar-refractivity contribution in [1.82, 2.24) is 10.3 Å². The summed E-state index contributed by atoms with van der Waals surface area (Å²) in [6.45, 7) is 5.60. The molecule has 1 fully saturated rings. The lowest BCUT2D eigenvalue weighted by molar-refractivity contribution is 0.275. The first-order valence-electron chi connectivity index (χ1n) is 5.05. The van der Waals surface area contributed by atoms with Gasteiger partial charge in [0, 0.05) is 31.6 Å². The highest BCUT2D eigenvalue weighted by Gasteiger charge is 2.13. The third kappa shape index (κ3) is 4.02. The van der Waals surface area contributed by atoms with E-state index in [1.807, 2.05) is 0 Å². The number of nitrogens with zero attached hydrogens (tertiary/aromatic N) is 2. The number of hydrazone groups is 1. The standard InChI is InChI=1S/C9H18N4S/c1-2-5-13-6-3-8(4-7-13)11-12-9(10)14/h2-7H2,1H3,(H3,10,12,14). The Hall–Kier alpha value is -0.680. The number of nitrogens with two attached hydrogens (primary N) is 1.